The molecule has 0 aliphatic rings. The summed E-state index contributed by atoms with van der Waals surface area (Å²) in [5.74, 6) is 0. The molecule has 0 radical (unpaired) electrons. The van der Waals surface area contributed by atoms with Gasteiger partial charge in [-0.2, -0.15) is 0 Å². The van der Waals surface area contributed by atoms with Crippen molar-refractivity contribution in [1.29, 1.82) is 0 Å². The Labute approximate surface area is 298 Å². The largest absolute Gasteiger partial charge is 2.00 e. The van der Waals surface area contributed by atoms with Crippen LogP contribution in [0.1, 0.15) is 78.1 Å². The van der Waals surface area contributed by atoms with Gasteiger partial charge in [-0.1, -0.05) is 64.5 Å². The molecule has 0 fully saturated rings. The van der Waals surface area contributed by atoms with Crippen LogP contribution in [0.25, 0.3) is 0 Å². The Morgan fingerprint density at radius 1 is 0.552 bits per heavy atom. The fraction of sp³-hybridized carbons (Fsp3) is 0.750. The van der Waals surface area contributed by atoms with Gasteiger partial charge in [0.2, 0.25) is 0 Å². The first-order chi connectivity index (χ1) is 12.1. The van der Waals surface area contributed by atoms with Crippen molar-refractivity contribution < 1.29 is 37.6 Å². The van der Waals surface area contributed by atoms with E-state index in [9.17, 15) is 28.8 Å². The third kappa shape index (κ3) is 50.0. The van der Waals surface area contributed by atoms with E-state index < -0.39 is 18.1 Å². The number of allylic oxidation sites excluding steroid dienone is 2. The standard InChI is InChI=1S/2C8H15O4Si.3Ba/c2*1-2-3-4-5-6-7-8-12-13(9,10)11;;;/h2*7-8H,2-6H2,1H3;;;/q2*-3;3*+2. The molecule has 8 nitrogen and oxygen atoms in total. The second kappa shape index (κ2) is 30.0. The molecule has 0 atom stereocenters. The quantitative estimate of drug-likeness (QED) is 0.101. The van der Waals surface area contributed by atoms with Crippen LogP contribution in [-0.4, -0.2) is 165 Å². The maximum atomic E-state index is 9.99. The number of unbranched alkanes of at least 4 members (excludes halogenated alkanes) is 8. The van der Waals surface area contributed by atoms with Gasteiger partial charge in [-0.05, 0) is 43.8 Å². The molecule has 0 aromatic rings. The molecule has 0 aromatic carbocycles. The summed E-state index contributed by atoms with van der Waals surface area (Å²) >= 11 is 0. The van der Waals surface area contributed by atoms with Crippen LogP contribution in [0.2, 0.25) is 0 Å². The second-order valence-electron chi connectivity index (χ2n) is 5.68. The predicted octanol–water partition coefficient (Wildman–Crippen LogP) is -3.14. The van der Waals surface area contributed by atoms with Crippen molar-refractivity contribution in [2.24, 2.45) is 0 Å². The molecule has 0 amide bonds. The fourth-order valence-corrected chi connectivity index (χ4v) is 2.30. The van der Waals surface area contributed by atoms with E-state index in [0.29, 0.717) is 0 Å². The van der Waals surface area contributed by atoms with Crippen molar-refractivity contribution in [1.82, 2.24) is 0 Å². The first-order valence-corrected chi connectivity index (χ1v) is 12.3. The zero-order chi connectivity index (χ0) is 20.3. The molecule has 0 rings (SSSR count). The minimum atomic E-state index is -5.07. The molecule has 0 N–H and O–H groups in total. The molecule has 0 heterocycles. The molecule has 29 heavy (non-hydrogen) atoms. The third-order valence-electron chi connectivity index (χ3n) is 3.07. The van der Waals surface area contributed by atoms with Crippen LogP contribution >= 0.6 is 0 Å². The first-order valence-electron chi connectivity index (χ1n) is 9.00. The second-order valence-corrected chi connectivity index (χ2v) is 8.15. The molecule has 0 spiro atoms. The summed E-state index contributed by atoms with van der Waals surface area (Å²) in [5.41, 5.74) is 0. The summed E-state index contributed by atoms with van der Waals surface area (Å²) in [4.78, 5) is 60.0. The van der Waals surface area contributed by atoms with Crippen LogP contribution in [0, 0.1) is 0 Å². The average molecular weight is 819 g/mol. The van der Waals surface area contributed by atoms with Crippen LogP contribution in [0.5, 0.6) is 0 Å². The van der Waals surface area contributed by atoms with E-state index in [0.717, 1.165) is 63.9 Å². The summed E-state index contributed by atoms with van der Waals surface area (Å²) in [6, 6.07) is 0. The van der Waals surface area contributed by atoms with E-state index in [4.69, 9.17) is 0 Å². The van der Waals surface area contributed by atoms with Gasteiger partial charge in [-0.3, -0.25) is 0 Å². The topological polar surface area (TPSA) is 157 Å². The van der Waals surface area contributed by atoms with Gasteiger partial charge in [-0.25, -0.2) is 0 Å². The average Bonchev–Trinajstić information content (AvgIpc) is 2.52. The summed E-state index contributed by atoms with van der Waals surface area (Å²) in [7, 11) is -10.1. The molecule has 156 valence electrons. The van der Waals surface area contributed by atoms with E-state index in [1.165, 1.54) is 12.8 Å². The summed E-state index contributed by atoms with van der Waals surface area (Å²) < 4.78 is 7.86. The van der Waals surface area contributed by atoms with E-state index >= 15 is 0 Å². The Balaban J connectivity index is -0.000000120. The molecule has 0 aromatic heterocycles. The van der Waals surface area contributed by atoms with Crippen molar-refractivity contribution in [2.45, 2.75) is 78.1 Å². The zero-order valence-electron chi connectivity index (χ0n) is 17.8. The van der Waals surface area contributed by atoms with Crippen molar-refractivity contribution in [3.8, 4) is 0 Å². The normalized spacial score (nSPS) is 11.0. The smallest absolute Gasteiger partial charge is 0.851 e. The molecule has 0 aliphatic carbocycles. The van der Waals surface area contributed by atoms with Crippen LogP contribution in [-0.2, 0) is 8.85 Å². The maximum absolute atomic E-state index is 9.99. The van der Waals surface area contributed by atoms with Crippen molar-refractivity contribution >= 4 is 165 Å². The van der Waals surface area contributed by atoms with Gasteiger partial charge in [0, 0.05) is 0 Å². The number of rotatable bonds is 14. The van der Waals surface area contributed by atoms with Gasteiger partial charge >= 0.3 is 147 Å². The molecular formula is C16H30Ba3O8Si2. The van der Waals surface area contributed by atoms with Gasteiger partial charge < -0.3 is 37.6 Å². The predicted molar refractivity (Wildman–Crippen MR) is 107 cm³/mol. The number of hydrogen-bond donors (Lipinski definition) is 0. The monoisotopic (exact) mass is 820 g/mol. The van der Waals surface area contributed by atoms with Crippen molar-refractivity contribution in [3.05, 3.63) is 24.7 Å². The zero-order valence-corrected chi connectivity index (χ0v) is 33.1. The van der Waals surface area contributed by atoms with E-state index in [-0.39, 0.29) is 147 Å². The maximum Gasteiger partial charge on any atom is 2.00 e. The van der Waals surface area contributed by atoms with Gasteiger partial charge in [0.15, 0.2) is 0 Å². The SMILES string of the molecule is CCCCCCC=CO[Si]([O-])([O-])[O-].CCCCCCC=CO[Si]([O-])([O-])[O-].[Ba+2].[Ba+2].[Ba+2]. The summed E-state index contributed by atoms with van der Waals surface area (Å²) in [6.45, 7) is 4.23. The van der Waals surface area contributed by atoms with Crippen LogP contribution in [0.15, 0.2) is 24.7 Å². The first kappa shape index (κ1) is 43.1. The Morgan fingerprint density at radius 2 is 0.862 bits per heavy atom. The summed E-state index contributed by atoms with van der Waals surface area (Å²) in [6.07, 6.45) is 15.5. The van der Waals surface area contributed by atoms with Crippen molar-refractivity contribution in [3.63, 3.8) is 0 Å². The van der Waals surface area contributed by atoms with Crippen LogP contribution < -0.4 is 28.8 Å². The molecule has 13 heteroatoms. The van der Waals surface area contributed by atoms with Gasteiger partial charge in [0.25, 0.3) is 0 Å². The van der Waals surface area contributed by atoms with E-state index in [1.807, 2.05) is 0 Å². The van der Waals surface area contributed by atoms with Gasteiger partial charge in [0.1, 0.15) is 0 Å². The fourth-order valence-electron chi connectivity index (χ4n) is 1.78. The Bertz CT molecular complexity index is 331. The van der Waals surface area contributed by atoms with E-state index in [2.05, 4.69) is 22.7 Å². The van der Waals surface area contributed by atoms with Crippen LogP contribution in [0.4, 0.5) is 0 Å². The molecule has 0 saturated heterocycles. The Kier molecular flexibility index (Phi) is 44.6. The van der Waals surface area contributed by atoms with Gasteiger partial charge in [0.05, 0.1) is 12.5 Å². The molecule has 0 saturated carbocycles. The van der Waals surface area contributed by atoms with Crippen LogP contribution in [0.3, 0.4) is 0 Å². The third-order valence-corrected chi connectivity index (χ3v) is 3.92. The van der Waals surface area contributed by atoms with E-state index in [1.54, 1.807) is 12.2 Å². The Morgan fingerprint density at radius 3 is 1.10 bits per heavy atom. The minimum Gasteiger partial charge on any atom is -0.851 e. The molecule has 0 bridgehead atoms. The molecule has 0 aliphatic heterocycles. The Hall–Kier alpha value is 3.99. The molecular weight excluding hydrogens is 788 g/mol. The summed E-state index contributed by atoms with van der Waals surface area (Å²) in [5, 5.41) is 0. The van der Waals surface area contributed by atoms with Gasteiger partial charge in [-0.15, -0.1) is 0 Å². The van der Waals surface area contributed by atoms with Crippen molar-refractivity contribution in [2.75, 3.05) is 0 Å². The molecule has 0 unspecified atom stereocenters. The minimum absolute atomic E-state index is 0. The number of hydrogen-bond acceptors (Lipinski definition) is 8.